The van der Waals surface area contributed by atoms with Gasteiger partial charge >= 0.3 is 0 Å². The molecule has 0 amide bonds. The highest BCUT2D eigenvalue weighted by molar-refractivity contribution is 7.20. The summed E-state index contributed by atoms with van der Waals surface area (Å²) in [6, 6.07) is 2.57. The van der Waals surface area contributed by atoms with Crippen molar-refractivity contribution in [3.05, 3.63) is 20.3 Å². The first-order valence-corrected chi connectivity index (χ1v) is 7.73. The molecule has 0 aliphatic rings. The van der Waals surface area contributed by atoms with Gasteiger partial charge in [0.25, 0.3) is 0 Å². The Morgan fingerprint density at radius 1 is 1.24 bits per heavy atom. The van der Waals surface area contributed by atoms with Gasteiger partial charge in [0.2, 0.25) is 0 Å². The van der Waals surface area contributed by atoms with Crippen molar-refractivity contribution in [1.82, 2.24) is 5.32 Å². The molecule has 1 nitrogen and oxygen atoms in total. The third-order valence-electron chi connectivity index (χ3n) is 2.82. The zero-order valence-electron chi connectivity index (χ0n) is 10.7. The predicted octanol–water partition coefficient (Wildman–Crippen LogP) is 5.01. The van der Waals surface area contributed by atoms with E-state index in [1.54, 1.807) is 0 Å². The van der Waals surface area contributed by atoms with E-state index < -0.39 is 0 Å². The quantitative estimate of drug-likeness (QED) is 0.745. The van der Waals surface area contributed by atoms with E-state index in [-0.39, 0.29) is 0 Å². The van der Waals surface area contributed by atoms with Crippen molar-refractivity contribution < 1.29 is 0 Å². The lowest BCUT2D eigenvalue weighted by Gasteiger charge is -2.13. The van der Waals surface area contributed by atoms with Crippen LogP contribution in [0.2, 0.25) is 8.67 Å². The summed E-state index contributed by atoms with van der Waals surface area (Å²) < 4.78 is 1.64. The zero-order chi connectivity index (χ0) is 12.8. The largest absolute Gasteiger partial charge is 0.315 e. The molecule has 0 spiro atoms. The number of nitrogens with one attached hydrogen (secondary N) is 1. The van der Waals surface area contributed by atoms with Gasteiger partial charge in [-0.2, -0.15) is 0 Å². The molecule has 0 saturated carbocycles. The number of hydrogen-bond donors (Lipinski definition) is 1. The van der Waals surface area contributed by atoms with E-state index in [0.717, 1.165) is 27.6 Å². The Morgan fingerprint density at radius 2 is 1.94 bits per heavy atom. The summed E-state index contributed by atoms with van der Waals surface area (Å²) in [7, 11) is 0. The van der Waals surface area contributed by atoms with Crippen molar-refractivity contribution in [2.24, 2.45) is 5.92 Å². The van der Waals surface area contributed by atoms with E-state index in [1.807, 2.05) is 6.07 Å². The molecule has 0 aliphatic heterocycles. The summed E-state index contributed by atoms with van der Waals surface area (Å²) in [5, 5.41) is 3.44. The Bertz CT molecular complexity index is 336. The van der Waals surface area contributed by atoms with E-state index in [2.05, 4.69) is 26.1 Å². The molecule has 1 heterocycles. The van der Waals surface area contributed by atoms with E-state index >= 15 is 0 Å². The van der Waals surface area contributed by atoms with Crippen LogP contribution in [0.3, 0.4) is 0 Å². The smallest absolute Gasteiger partial charge is 0.0976 e. The molecule has 1 rings (SSSR count). The normalized spacial score (nSPS) is 13.3. The van der Waals surface area contributed by atoms with Crippen LogP contribution in [0.1, 0.15) is 39.2 Å². The van der Waals surface area contributed by atoms with E-state index in [4.69, 9.17) is 23.2 Å². The van der Waals surface area contributed by atoms with Crippen LogP contribution in [0.15, 0.2) is 6.07 Å². The van der Waals surface area contributed by atoms with Crippen LogP contribution in [0, 0.1) is 5.92 Å². The van der Waals surface area contributed by atoms with Gasteiger partial charge in [-0.3, -0.25) is 0 Å². The molecular weight excluding hydrogens is 273 g/mol. The summed E-state index contributed by atoms with van der Waals surface area (Å²) in [4.78, 5) is 0. The molecule has 0 fully saturated rings. The minimum Gasteiger partial charge on any atom is -0.315 e. The van der Waals surface area contributed by atoms with Gasteiger partial charge in [-0.15, -0.1) is 11.3 Å². The van der Waals surface area contributed by atoms with Crippen molar-refractivity contribution in [3.63, 3.8) is 0 Å². The molecule has 4 heteroatoms. The maximum atomic E-state index is 6.10. The molecule has 0 radical (unpaired) electrons. The number of rotatable bonds is 7. The van der Waals surface area contributed by atoms with Crippen LogP contribution < -0.4 is 5.32 Å². The molecular formula is C13H21Cl2NS. The molecule has 0 bridgehead atoms. The lowest BCUT2D eigenvalue weighted by atomic mass is 9.99. The minimum atomic E-state index is 0.576. The number of aryl methyl sites for hydroxylation is 1. The standard InChI is InChI=1S/C13H21Cl2NS/c1-9(2)16-7-6-10(3)4-5-11-8-12(14)17-13(11)15/h8-10,16H,4-7H2,1-3H3. The lowest BCUT2D eigenvalue weighted by Crippen LogP contribution is -2.24. The van der Waals surface area contributed by atoms with Crippen molar-refractivity contribution >= 4 is 34.5 Å². The van der Waals surface area contributed by atoms with Crippen LogP contribution in [0.25, 0.3) is 0 Å². The monoisotopic (exact) mass is 293 g/mol. The highest BCUT2D eigenvalue weighted by atomic mass is 35.5. The molecule has 1 N–H and O–H groups in total. The fourth-order valence-electron chi connectivity index (χ4n) is 1.71. The third kappa shape index (κ3) is 6.10. The number of hydrogen-bond acceptors (Lipinski definition) is 2. The second-order valence-corrected chi connectivity index (χ2v) is 7.18. The van der Waals surface area contributed by atoms with Crippen LogP contribution in [-0.4, -0.2) is 12.6 Å². The zero-order valence-corrected chi connectivity index (χ0v) is 13.1. The van der Waals surface area contributed by atoms with E-state index in [1.165, 1.54) is 29.7 Å². The molecule has 1 aromatic rings. The van der Waals surface area contributed by atoms with Crippen LogP contribution >= 0.6 is 34.5 Å². The van der Waals surface area contributed by atoms with Gasteiger partial charge in [-0.25, -0.2) is 0 Å². The Labute approximate surface area is 119 Å². The first kappa shape index (κ1) is 15.3. The molecule has 0 saturated heterocycles. The molecule has 0 aromatic carbocycles. The highest BCUT2D eigenvalue weighted by Gasteiger charge is 2.08. The summed E-state index contributed by atoms with van der Waals surface area (Å²) in [6.45, 7) is 7.75. The molecule has 1 aromatic heterocycles. The van der Waals surface area contributed by atoms with Crippen LogP contribution in [-0.2, 0) is 6.42 Å². The van der Waals surface area contributed by atoms with Crippen LogP contribution in [0.4, 0.5) is 0 Å². The van der Waals surface area contributed by atoms with Crippen molar-refractivity contribution in [3.8, 4) is 0 Å². The van der Waals surface area contributed by atoms with E-state index in [0.29, 0.717) is 6.04 Å². The van der Waals surface area contributed by atoms with Crippen molar-refractivity contribution in [1.29, 1.82) is 0 Å². The first-order chi connectivity index (χ1) is 7.99. The Morgan fingerprint density at radius 3 is 2.47 bits per heavy atom. The fraction of sp³-hybridized carbons (Fsp3) is 0.692. The second-order valence-electron chi connectivity index (χ2n) is 4.89. The van der Waals surface area contributed by atoms with Crippen molar-refractivity contribution in [2.75, 3.05) is 6.54 Å². The Kier molecular flexibility index (Phi) is 6.86. The number of thiophene rings is 1. The van der Waals surface area contributed by atoms with Gasteiger partial charge in [-0.1, -0.05) is 44.0 Å². The summed E-state index contributed by atoms with van der Waals surface area (Å²) in [5.41, 5.74) is 1.20. The number of halogens is 2. The average molecular weight is 294 g/mol. The van der Waals surface area contributed by atoms with Crippen LogP contribution in [0.5, 0.6) is 0 Å². The van der Waals surface area contributed by atoms with Gasteiger partial charge in [0.05, 0.1) is 8.67 Å². The molecule has 1 atom stereocenters. The lowest BCUT2D eigenvalue weighted by molar-refractivity contribution is 0.454. The van der Waals surface area contributed by atoms with E-state index in [9.17, 15) is 0 Å². The van der Waals surface area contributed by atoms with Gasteiger partial charge in [-0.05, 0) is 43.4 Å². The second kappa shape index (κ2) is 7.63. The van der Waals surface area contributed by atoms with Gasteiger partial charge < -0.3 is 5.32 Å². The minimum absolute atomic E-state index is 0.576. The highest BCUT2D eigenvalue weighted by Crippen LogP contribution is 2.32. The fourth-order valence-corrected chi connectivity index (χ4v) is 3.25. The SMILES string of the molecule is CC(CCNC(C)C)CCc1cc(Cl)sc1Cl. The predicted molar refractivity (Wildman–Crippen MR) is 79.6 cm³/mol. The molecule has 98 valence electrons. The maximum absolute atomic E-state index is 6.10. The first-order valence-electron chi connectivity index (χ1n) is 6.16. The van der Waals surface area contributed by atoms with Crippen molar-refractivity contribution in [2.45, 2.75) is 46.1 Å². The molecule has 1 unspecified atom stereocenters. The molecule has 17 heavy (non-hydrogen) atoms. The summed E-state index contributed by atoms with van der Waals surface area (Å²) in [6.07, 6.45) is 3.42. The maximum Gasteiger partial charge on any atom is 0.0976 e. The van der Waals surface area contributed by atoms with Gasteiger partial charge in [0.15, 0.2) is 0 Å². The summed E-state index contributed by atoms with van der Waals surface area (Å²) >= 11 is 13.5. The Hall–Kier alpha value is 0.240. The van der Waals surface area contributed by atoms with Gasteiger partial charge in [0, 0.05) is 6.04 Å². The third-order valence-corrected chi connectivity index (χ3v) is 4.39. The summed E-state index contributed by atoms with van der Waals surface area (Å²) in [5.74, 6) is 0.719. The molecule has 0 aliphatic carbocycles. The topological polar surface area (TPSA) is 12.0 Å². The average Bonchev–Trinajstić information content (AvgIpc) is 2.54. The van der Waals surface area contributed by atoms with Gasteiger partial charge in [0.1, 0.15) is 0 Å². The Balaban J connectivity index is 2.23.